The number of aryl methyl sites for hydroxylation is 1. The molecule has 2 aromatic rings. The molecule has 0 radical (unpaired) electrons. The van der Waals surface area contributed by atoms with Crippen molar-refractivity contribution in [3.63, 3.8) is 0 Å². The summed E-state index contributed by atoms with van der Waals surface area (Å²) in [7, 11) is 0. The van der Waals surface area contributed by atoms with Gasteiger partial charge >= 0.3 is 0 Å². The summed E-state index contributed by atoms with van der Waals surface area (Å²) in [5.41, 5.74) is 1.39. The van der Waals surface area contributed by atoms with E-state index in [0.717, 1.165) is 11.1 Å². The first-order chi connectivity index (χ1) is 8.41. The third kappa shape index (κ3) is 2.54. The average Bonchev–Trinajstić information content (AvgIpc) is 2.32. The van der Waals surface area contributed by atoms with Crippen molar-refractivity contribution >= 4 is 23.2 Å². The first-order valence-corrected chi connectivity index (χ1v) is 6.42. The lowest BCUT2D eigenvalue weighted by molar-refractivity contribution is 0.102. The Kier molecular flexibility index (Phi) is 3.67. The van der Waals surface area contributed by atoms with Crippen LogP contribution in [0.3, 0.4) is 0 Å². The molecule has 0 spiro atoms. The summed E-state index contributed by atoms with van der Waals surface area (Å²) in [6, 6.07) is 12.8. The van der Waals surface area contributed by atoms with Gasteiger partial charge in [-0.1, -0.05) is 53.0 Å². The average molecular weight is 281 g/mol. The Morgan fingerprint density at radius 3 is 2.22 bits per heavy atom. The number of benzene rings is 2. The summed E-state index contributed by atoms with van der Waals surface area (Å²) in [6.07, 6.45) is 0. The minimum absolute atomic E-state index is 0.505. The minimum atomic E-state index is -1.16. The first kappa shape index (κ1) is 13.4. The Bertz CT molecular complexity index is 559. The molecular weight excluding hydrogens is 267 g/mol. The van der Waals surface area contributed by atoms with E-state index >= 15 is 0 Å². The zero-order chi connectivity index (χ0) is 13.3. The van der Waals surface area contributed by atoms with Crippen molar-refractivity contribution in [3.05, 3.63) is 69.2 Å². The van der Waals surface area contributed by atoms with Crippen LogP contribution in [0.1, 0.15) is 23.6 Å². The van der Waals surface area contributed by atoms with Gasteiger partial charge in [-0.15, -0.1) is 0 Å². The van der Waals surface area contributed by atoms with Crippen LogP contribution in [0, 0.1) is 6.92 Å². The molecule has 0 heterocycles. The quantitative estimate of drug-likeness (QED) is 0.855. The largest absolute Gasteiger partial charge is 0.381 e. The van der Waals surface area contributed by atoms with Gasteiger partial charge in [-0.2, -0.15) is 0 Å². The zero-order valence-electron chi connectivity index (χ0n) is 10.2. The van der Waals surface area contributed by atoms with E-state index in [1.165, 1.54) is 0 Å². The van der Waals surface area contributed by atoms with Crippen LogP contribution in [0.15, 0.2) is 42.5 Å². The topological polar surface area (TPSA) is 20.2 Å². The summed E-state index contributed by atoms with van der Waals surface area (Å²) < 4.78 is 0. The van der Waals surface area contributed by atoms with E-state index in [4.69, 9.17) is 23.2 Å². The number of halogens is 2. The Labute approximate surface area is 117 Å². The first-order valence-electron chi connectivity index (χ1n) is 5.66. The van der Waals surface area contributed by atoms with Gasteiger partial charge in [-0.3, -0.25) is 0 Å². The highest BCUT2D eigenvalue weighted by Crippen LogP contribution is 2.35. The Balaban J connectivity index is 2.53. The highest BCUT2D eigenvalue weighted by molar-refractivity contribution is 6.33. The second-order valence-electron chi connectivity index (χ2n) is 4.56. The van der Waals surface area contributed by atoms with E-state index in [2.05, 4.69) is 0 Å². The van der Waals surface area contributed by atoms with Gasteiger partial charge in [-0.25, -0.2) is 0 Å². The molecule has 2 aromatic carbocycles. The minimum Gasteiger partial charge on any atom is -0.381 e. The lowest BCUT2D eigenvalue weighted by Crippen LogP contribution is -2.23. The number of aliphatic hydroxyl groups is 1. The molecule has 0 aliphatic carbocycles. The fraction of sp³-hybridized carbons (Fsp3) is 0.200. The molecule has 1 N–H and O–H groups in total. The van der Waals surface area contributed by atoms with E-state index in [9.17, 15) is 5.11 Å². The van der Waals surface area contributed by atoms with Crippen molar-refractivity contribution in [2.75, 3.05) is 0 Å². The second kappa shape index (κ2) is 4.93. The van der Waals surface area contributed by atoms with E-state index in [-0.39, 0.29) is 0 Å². The van der Waals surface area contributed by atoms with E-state index in [1.54, 1.807) is 25.1 Å². The van der Waals surface area contributed by atoms with Crippen LogP contribution in [0.5, 0.6) is 0 Å². The van der Waals surface area contributed by atoms with E-state index in [0.29, 0.717) is 15.6 Å². The van der Waals surface area contributed by atoms with Crippen LogP contribution in [0.25, 0.3) is 0 Å². The number of rotatable bonds is 2. The number of hydrogen-bond donors (Lipinski definition) is 1. The summed E-state index contributed by atoms with van der Waals surface area (Å²) in [4.78, 5) is 0. The van der Waals surface area contributed by atoms with Crippen molar-refractivity contribution in [1.29, 1.82) is 0 Å². The molecule has 0 aliphatic rings. The third-order valence-electron chi connectivity index (χ3n) is 3.07. The van der Waals surface area contributed by atoms with Crippen LogP contribution in [0.4, 0.5) is 0 Å². The van der Waals surface area contributed by atoms with Crippen molar-refractivity contribution < 1.29 is 5.11 Å². The molecule has 0 saturated carbocycles. The van der Waals surface area contributed by atoms with Gasteiger partial charge in [0.25, 0.3) is 0 Å². The highest BCUT2D eigenvalue weighted by Gasteiger charge is 2.28. The van der Waals surface area contributed by atoms with Gasteiger partial charge in [0.1, 0.15) is 5.60 Å². The van der Waals surface area contributed by atoms with Crippen molar-refractivity contribution in [1.82, 2.24) is 0 Å². The van der Waals surface area contributed by atoms with Gasteiger partial charge in [0.15, 0.2) is 0 Å². The molecule has 18 heavy (non-hydrogen) atoms. The van der Waals surface area contributed by atoms with Crippen molar-refractivity contribution in [2.24, 2.45) is 0 Å². The van der Waals surface area contributed by atoms with Gasteiger partial charge in [0.2, 0.25) is 0 Å². The van der Waals surface area contributed by atoms with Crippen LogP contribution in [0.2, 0.25) is 10.0 Å². The molecule has 0 bridgehead atoms. The van der Waals surface area contributed by atoms with Gasteiger partial charge < -0.3 is 5.11 Å². The van der Waals surface area contributed by atoms with Crippen LogP contribution >= 0.6 is 23.2 Å². The Morgan fingerprint density at radius 1 is 1.00 bits per heavy atom. The normalized spacial score (nSPS) is 14.3. The lowest BCUT2D eigenvalue weighted by atomic mass is 9.88. The molecule has 0 saturated heterocycles. The summed E-state index contributed by atoms with van der Waals surface area (Å²) >= 11 is 12.1. The van der Waals surface area contributed by atoms with Crippen LogP contribution in [-0.4, -0.2) is 5.11 Å². The molecule has 1 unspecified atom stereocenters. The van der Waals surface area contributed by atoms with E-state index < -0.39 is 5.60 Å². The molecule has 0 aromatic heterocycles. The standard InChI is InChI=1S/C15H14Cl2O/c1-10-3-5-11(6-4-10)15(2,18)13-9-12(16)7-8-14(13)17/h3-9,18H,1-2H3. The van der Waals surface area contributed by atoms with Gasteiger partial charge in [0.05, 0.1) is 0 Å². The van der Waals surface area contributed by atoms with Crippen LogP contribution in [-0.2, 0) is 5.60 Å². The third-order valence-corrected chi connectivity index (χ3v) is 3.63. The molecular formula is C15H14Cl2O. The summed E-state index contributed by atoms with van der Waals surface area (Å²) in [5, 5.41) is 11.8. The smallest absolute Gasteiger partial charge is 0.113 e. The summed E-state index contributed by atoms with van der Waals surface area (Å²) in [6.45, 7) is 3.72. The van der Waals surface area contributed by atoms with Crippen molar-refractivity contribution in [2.45, 2.75) is 19.4 Å². The Morgan fingerprint density at radius 2 is 1.61 bits per heavy atom. The molecule has 3 heteroatoms. The molecule has 0 amide bonds. The molecule has 2 rings (SSSR count). The predicted molar refractivity (Wildman–Crippen MR) is 76.3 cm³/mol. The molecule has 94 valence electrons. The fourth-order valence-corrected chi connectivity index (χ4v) is 2.38. The van der Waals surface area contributed by atoms with Gasteiger partial charge in [0, 0.05) is 15.6 Å². The monoisotopic (exact) mass is 280 g/mol. The highest BCUT2D eigenvalue weighted by atomic mass is 35.5. The fourth-order valence-electron chi connectivity index (χ4n) is 1.90. The van der Waals surface area contributed by atoms with Crippen LogP contribution < -0.4 is 0 Å². The second-order valence-corrected chi connectivity index (χ2v) is 5.41. The maximum absolute atomic E-state index is 10.7. The zero-order valence-corrected chi connectivity index (χ0v) is 11.8. The van der Waals surface area contributed by atoms with Crippen molar-refractivity contribution in [3.8, 4) is 0 Å². The number of hydrogen-bond acceptors (Lipinski definition) is 1. The maximum Gasteiger partial charge on any atom is 0.113 e. The molecule has 0 aliphatic heterocycles. The SMILES string of the molecule is Cc1ccc(C(C)(O)c2cc(Cl)ccc2Cl)cc1. The van der Waals surface area contributed by atoms with Gasteiger partial charge in [-0.05, 0) is 37.6 Å². The molecule has 0 fully saturated rings. The molecule has 1 atom stereocenters. The molecule has 1 nitrogen and oxygen atoms in total. The summed E-state index contributed by atoms with van der Waals surface area (Å²) in [5.74, 6) is 0. The lowest BCUT2D eigenvalue weighted by Gasteiger charge is -2.26. The van der Waals surface area contributed by atoms with E-state index in [1.807, 2.05) is 31.2 Å². The maximum atomic E-state index is 10.7. The predicted octanol–water partition coefficient (Wildman–Crippen LogP) is 4.56. The Hall–Kier alpha value is -1.02.